The second kappa shape index (κ2) is 11.7. The molecule has 0 aliphatic carbocycles. The first-order chi connectivity index (χ1) is 18.0. The number of hydrogen-bond donors (Lipinski definition) is 5. The second-order valence-corrected chi connectivity index (χ2v) is 7.58. The van der Waals surface area contributed by atoms with Gasteiger partial charge in [-0.2, -0.15) is 13.2 Å². The normalized spacial score (nSPS) is 14.2. The Hall–Kier alpha value is -4.44. The van der Waals surface area contributed by atoms with Crippen molar-refractivity contribution in [2.75, 3.05) is 18.9 Å². The zero-order valence-electron chi connectivity index (χ0n) is 19.6. The molecule has 0 fully saturated rings. The summed E-state index contributed by atoms with van der Waals surface area (Å²) in [7, 11) is 1.11. The van der Waals surface area contributed by atoms with E-state index in [9.17, 15) is 31.9 Å². The van der Waals surface area contributed by atoms with Crippen molar-refractivity contribution in [1.82, 2.24) is 26.0 Å². The topological polar surface area (TPSA) is 164 Å². The third kappa shape index (κ3) is 6.46. The monoisotopic (exact) mass is 540 g/mol. The fourth-order valence-corrected chi connectivity index (χ4v) is 2.92. The molecule has 1 amide bonds. The van der Waals surface area contributed by atoms with Crippen LogP contribution in [0.3, 0.4) is 0 Å². The number of aliphatic imine (C=N–C) groups is 1. The van der Waals surface area contributed by atoms with E-state index in [1.54, 1.807) is 11.5 Å². The smallest absolute Gasteiger partial charge is 0.396 e. The molecule has 16 heteroatoms. The number of nitrogens with two attached hydrogens (primary N) is 1. The van der Waals surface area contributed by atoms with Gasteiger partial charge in [0.2, 0.25) is 0 Å². The van der Waals surface area contributed by atoms with Gasteiger partial charge in [0.05, 0.1) is 30.7 Å². The van der Waals surface area contributed by atoms with Crippen LogP contribution in [-0.2, 0) is 11.3 Å². The van der Waals surface area contributed by atoms with E-state index in [-0.39, 0.29) is 35.0 Å². The molecule has 0 radical (unpaired) electrons. The molecule has 0 bridgehead atoms. The van der Waals surface area contributed by atoms with Crippen LogP contribution in [0.25, 0.3) is 5.70 Å². The molecule has 1 atom stereocenters. The van der Waals surface area contributed by atoms with E-state index in [1.165, 1.54) is 36.6 Å². The van der Waals surface area contributed by atoms with E-state index < -0.39 is 41.7 Å². The quantitative estimate of drug-likeness (QED) is 0.146. The lowest BCUT2D eigenvalue weighted by molar-refractivity contribution is -0.247. The van der Waals surface area contributed by atoms with Crippen LogP contribution in [0.2, 0.25) is 0 Å². The first-order valence-corrected chi connectivity index (χ1v) is 10.6. The number of halogens is 5. The molecule has 1 unspecified atom stereocenters. The van der Waals surface area contributed by atoms with Crippen molar-refractivity contribution in [1.29, 1.82) is 0 Å². The highest BCUT2D eigenvalue weighted by Crippen LogP contribution is 2.31. The molecule has 0 saturated carbocycles. The van der Waals surface area contributed by atoms with Gasteiger partial charge in [-0.25, -0.2) is 24.2 Å². The van der Waals surface area contributed by atoms with E-state index in [0.29, 0.717) is 6.20 Å². The predicted molar refractivity (Wildman–Crippen MR) is 124 cm³/mol. The van der Waals surface area contributed by atoms with E-state index in [1.807, 2.05) is 10.7 Å². The number of hydrazine groups is 1. The summed E-state index contributed by atoms with van der Waals surface area (Å²) in [6.45, 7) is -1.60. The largest absolute Gasteiger partial charge is 0.428 e. The third-order valence-corrected chi connectivity index (χ3v) is 4.97. The zero-order chi connectivity index (χ0) is 27.9. The number of carbonyl (C=O) groups excluding carboxylic acids is 1. The molecule has 0 saturated heterocycles. The Morgan fingerprint density at radius 1 is 1.21 bits per heavy atom. The molecule has 0 spiro atoms. The van der Waals surface area contributed by atoms with E-state index in [0.717, 1.165) is 7.05 Å². The van der Waals surface area contributed by atoms with Gasteiger partial charge in [-0.05, 0) is 12.1 Å². The highest BCUT2D eigenvalue weighted by atomic mass is 19.4. The van der Waals surface area contributed by atoms with Gasteiger partial charge in [0.1, 0.15) is 17.8 Å². The molecule has 0 aliphatic rings. The maximum Gasteiger partial charge on any atom is 0.428 e. The number of nitrogens with one attached hydrogen (secondary N) is 3. The Bertz CT molecular complexity index is 1330. The van der Waals surface area contributed by atoms with Crippen molar-refractivity contribution in [3.63, 3.8) is 0 Å². The fraction of sp³-hybridized carbons (Fsp3) is 0.227. The summed E-state index contributed by atoms with van der Waals surface area (Å²) in [5, 5.41) is 15.7. The Morgan fingerprint density at radius 3 is 2.58 bits per heavy atom. The van der Waals surface area contributed by atoms with E-state index in [4.69, 9.17) is 10.3 Å². The first kappa shape index (κ1) is 28.1. The first-order valence-electron chi connectivity index (χ1n) is 10.6. The summed E-state index contributed by atoms with van der Waals surface area (Å²) in [4.78, 5) is 23.6. The Labute approximate surface area is 211 Å². The van der Waals surface area contributed by atoms with Crippen molar-refractivity contribution < 1.29 is 36.4 Å². The highest BCUT2D eigenvalue weighted by Gasteiger charge is 2.59. The molecular weight excluding hydrogens is 519 g/mol. The van der Waals surface area contributed by atoms with Gasteiger partial charge >= 0.3 is 6.18 Å². The van der Waals surface area contributed by atoms with E-state index >= 15 is 0 Å². The van der Waals surface area contributed by atoms with Crippen LogP contribution in [-0.4, -0.2) is 57.2 Å². The molecular formula is C22H21F5N8O3. The number of hydrogen-bond acceptors (Lipinski definition) is 10. The minimum atomic E-state index is -5.42. The van der Waals surface area contributed by atoms with E-state index in [2.05, 4.69) is 20.1 Å². The highest BCUT2D eigenvalue weighted by molar-refractivity contribution is 6.10. The number of allylic oxidation sites excluding steroid dienone is 1. The van der Waals surface area contributed by atoms with Crippen LogP contribution in [0, 0.1) is 11.6 Å². The molecule has 1 aromatic carbocycles. The van der Waals surface area contributed by atoms with Crippen molar-refractivity contribution in [2.45, 2.75) is 18.3 Å². The van der Waals surface area contributed by atoms with Gasteiger partial charge in [0, 0.05) is 18.7 Å². The van der Waals surface area contributed by atoms with Gasteiger partial charge in [-0.3, -0.25) is 15.2 Å². The van der Waals surface area contributed by atoms with Crippen molar-refractivity contribution in [2.24, 2.45) is 10.7 Å². The van der Waals surface area contributed by atoms with Crippen LogP contribution in [0.1, 0.15) is 17.1 Å². The fourth-order valence-electron chi connectivity index (χ4n) is 2.92. The van der Waals surface area contributed by atoms with Gasteiger partial charge in [0.25, 0.3) is 11.5 Å². The Balaban J connectivity index is 1.90. The summed E-state index contributed by atoms with van der Waals surface area (Å²) in [5.74, 6) is -4.64. The number of amides is 1. The summed E-state index contributed by atoms with van der Waals surface area (Å²) >= 11 is 0. The summed E-state index contributed by atoms with van der Waals surface area (Å²) in [5.41, 5.74) is 6.06. The minimum absolute atomic E-state index is 0.108. The number of alkyl halides is 3. The Kier molecular flexibility index (Phi) is 8.69. The summed E-state index contributed by atoms with van der Waals surface area (Å²) in [6.07, 6.45) is -2.33. The Morgan fingerprint density at radius 2 is 1.95 bits per heavy atom. The third-order valence-electron chi connectivity index (χ3n) is 4.97. The van der Waals surface area contributed by atoms with Gasteiger partial charge in [0.15, 0.2) is 17.5 Å². The number of nitrogens with zero attached hydrogens (tertiary/aromatic N) is 4. The maximum absolute atomic E-state index is 14.3. The van der Waals surface area contributed by atoms with Crippen molar-refractivity contribution in [3.8, 4) is 0 Å². The van der Waals surface area contributed by atoms with Crippen LogP contribution in [0.5, 0.6) is 0 Å². The number of benzene rings is 1. The molecule has 11 nitrogen and oxygen atoms in total. The lowest BCUT2D eigenvalue weighted by atomic mass is 10.0. The average molecular weight is 540 g/mol. The van der Waals surface area contributed by atoms with Gasteiger partial charge in [-0.15, -0.1) is 0 Å². The molecule has 3 aromatic rings. The zero-order valence-corrected chi connectivity index (χ0v) is 19.6. The molecule has 6 N–H and O–H groups in total. The molecule has 2 aromatic heterocycles. The lowest BCUT2D eigenvalue weighted by Crippen LogP contribution is -2.62. The molecule has 2 heterocycles. The average Bonchev–Trinajstić information content (AvgIpc) is 3.41. The summed E-state index contributed by atoms with van der Waals surface area (Å²) in [6, 6.07) is 7.35. The van der Waals surface area contributed by atoms with Gasteiger partial charge in [-0.1, -0.05) is 23.4 Å². The minimum Gasteiger partial charge on any atom is -0.396 e. The van der Waals surface area contributed by atoms with Crippen LogP contribution in [0.4, 0.5) is 27.8 Å². The molecule has 3 rings (SSSR count). The summed E-state index contributed by atoms with van der Waals surface area (Å²) < 4.78 is 73.3. The standard InChI is InChI=1S/C22H21F5N8O3/c1-29-34-20(36)21(37,22(25,26)27)11-32-18-14(24)10-31-19(33-18)15(28)8-17(16-6-7-38-35-16)30-9-12-4-2-3-5-13(12)23/h2-8,10,29,37H,9,11,28H2,1H3,(H,34,36)(H,31,32,33). The number of anilines is 1. The van der Waals surface area contributed by atoms with Crippen LogP contribution in [0.15, 0.2) is 58.4 Å². The maximum atomic E-state index is 14.3. The predicted octanol–water partition coefficient (Wildman–Crippen LogP) is 1.69. The van der Waals surface area contributed by atoms with Crippen LogP contribution < -0.4 is 21.9 Å². The van der Waals surface area contributed by atoms with Crippen LogP contribution >= 0.6 is 0 Å². The number of aromatic nitrogens is 3. The SMILES string of the molecule is CNNC(=O)C(O)(CNc1nc(C(N)=CC(=NCc2ccccc2F)c2ccon2)ncc1F)C(F)(F)F. The van der Waals surface area contributed by atoms with Crippen molar-refractivity contribution in [3.05, 3.63) is 77.6 Å². The van der Waals surface area contributed by atoms with Crippen molar-refractivity contribution >= 4 is 23.1 Å². The molecule has 0 aliphatic heterocycles. The van der Waals surface area contributed by atoms with Gasteiger partial charge < -0.3 is 20.7 Å². The number of aliphatic hydroxyl groups is 1. The number of rotatable bonds is 10. The molecule has 38 heavy (non-hydrogen) atoms. The molecule has 202 valence electrons. The number of carbonyl (C=O) groups is 1. The second-order valence-electron chi connectivity index (χ2n) is 7.58. The lowest BCUT2D eigenvalue weighted by Gasteiger charge is -2.29.